The van der Waals surface area contributed by atoms with Gasteiger partial charge in [-0.1, -0.05) is 24.9 Å². The molecule has 0 spiro atoms. The van der Waals surface area contributed by atoms with Gasteiger partial charge in [-0.05, 0) is 40.8 Å². The lowest BCUT2D eigenvalue weighted by Gasteiger charge is -2.16. The van der Waals surface area contributed by atoms with Gasteiger partial charge >= 0.3 is 0 Å². The van der Waals surface area contributed by atoms with Crippen LogP contribution in [0.1, 0.15) is 26.2 Å². The second-order valence-corrected chi connectivity index (χ2v) is 5.70. The smallest absolute Gasteiger partial charge is 0.144 e. The fourth-order valence-corrected chi connectivity index (χ4v) is 2.70. The molecule has 0 aliphatic carbocycles. The van der Waals surface area contributed by atoms with Gasteiger partial charge < -0.3 is 5.32 Å². The number of nitrogens with zero attached hydrogens (tertiary/aromatic N) is 1. The topological polar surface area (TPSA) is 24.9 Å². The summed E-state index contributed by atoms with van der Waals surface area (Å²) in [6.07, 6.45) is 5.11. The van der Waals surface area contributed by atoms with E-state index in [0.29, 0.717) is 16.8 Å². The van der Waals surface area contributed by atoms with E-state index in [0.717, 1.165) is 23.3 Å². The third-order valence-corrected chi connectivity index (χ3v) is 3.52. The van der Waals surface area contributed by atoms with E-state index in [-0.39, 0.29) is 0 Å². The lowest BCUT2D eigenvalue weighted by Crippen LogP contribution is -2.15. The normalized spacial score (nSPS) is 12.5. The van der Waals surface area contributed by atoms with Gasteiger partial charge in [0.2, 0.25) is 0 Å². The van der Waals surface area contributed by atoms with Gasteiger partial charge in [-0.3, -0.25) is 0 Å². The molecule has 0 bridgehead atoms. The minimum Gasteiger partial charge on any atom is -0.369 e. The van der Waals surface area contributed by atoms with E-state index in [9.17, 15) is 0 Å². The van der Waals surface area contributed by atoms with Crippen molar-refractivity contribution in [2.45, 2.75) is 26.2 Å². The first-order valence-electron chi connectivity index (χ1n) is 5.78. The molecule has 0 saturated carbocycles. The van der Waals surface area contributed by atoms with Crippen molar-refractivity contribution >= 4 is 44.9 Å². The summed E-state index contributed by atoms with van der Waals surface area (Å²) in [5, 5.41) is 3.93. The lowest BCUT2D eigenvalue weighted by atomic mass is 10.0. The number of hydrogen-bond acceptors (Lipinski definition) is 2. The van der Waals surface area contributed by atoms with Gasteiger partial charge in [-0.25, -0.2) is 4.98 Å². The summed E-state index contributed by atoms with van der Waals surface area (Å²) in [5.74, 6) is 2.03. The van der Waals surface area contributed by atoms with Crippen LogP contribution in [0.15, 0.2) is 16.7 Å². The van der Waals surface area contributed by atoms with E-state index in [2.05, 4.69) is 33.2 Å². The zero-order valence-electron chi connectivity index (χ0n) is 9.85. The summed E-state index contributed by atoms with van der Waals surface area (Å²) in [6, 6.07) is 1.84. The van der Waals surface area contributed by atoms with Crippen LogP contribution in [0.2, 0.25) is 5.02 Å². The Bertz CT molecular complexity index is 341. The van der Waals surface area contributed by atoms with Crippen LogP contribution in [0.5, 0.6) is 0 Å². The lowest BCUT2D eigenvalue weighted by molar-refractivity contribution is 0.489. The van der Waals surface area contributed by atoms with E-state index in [1.54, 1.807) is 6.20 Å². The zero-order valence-corrected chi connectivity index (χ0v) is 12.9. The number of hydrogen-bond donors (Lipinski definition) is 1. The molecule has 0 amide bonds. The Labute approximate surface area is 121 Å². The molecular formula is C12H17BrCl2N2. The monoisotopic (exact) mass is 338 g/mol. The number of nitrogens with one attached hydrogen (secondary N) is 1. The molecule has 1 atom stereocenters. The van der Waals surface area contributed by atoms with Crippen LogP contribution in [-0.4, -0.2) is 17.4 Å². The molecule has 1 unspecified atom stereocenters. The maximum Gasteiger partial charge on any atom is 0.144 e. The summed E-state index contributed by atoms with van der Waals surface area (Å²) in [4.78, 5) is 4.25. The van der Waals surface area contributed by atoms with E-state index < -0.39 is 0 Å². The first kappa shape index (κ1) is 15.1. The Kier molecular flexibility index (Phi) is 7.24. The fraction of sp³-hybridized carbons (Fsp3) is 0.583. The summed E-state index contributed by atoms with van der Waals surface area (Å²) >= 11 is 15.2. The maximum atomic E-state index is 6.09. The highest BCUT2D eigenvalue weighted by Crippen LogP contribution is 2.23. The molecule has 1 N–H and O–H groups in total. The number of alkyl halides is 1. The second-order valence-electron chi connectivity index (χ2n) is 4.00. The minimum atomic E-state index is 0.582. The van der Waals surface area contributed by atoms with Crippen molar-refractivity contribution in [1.29, 1.82) is 0 Å². The Morgan fingerprint density at radius 1 is 1.47 bits per heavy atom. The molecule has 0 radical (unpaired) electrons. The van der Waals surface area contributed by atoms with Crippen molar-refractivity contribution in [2.24, 2.45) is 5.92 Å². The van der Waals surface area contributed by atoms with Crippen molar-refractivity contribution in [1.82, 2.24) is 4.98 Å². The van der Waals surface area contributed by atoms with Crippen molar-refractivity contribution < 1.29 is 0 Å². The van der Waals surface area contributed by atoms with Gasteiger partial charge in [-0.2, -0.15) is 0 Å². The van der Waals surface area contributed by atoms with E-state index in [1.165, 1.54) is 12.8 Å². The number of aromatic nitrogens is 1. The summed E-state index contributed by atoms with van der Waals surface area (Å²) in [7, 11) is 0. The minimum absolute atomic E-state index is 0.582. The predicted octanol–water partition coefficient (Wildman–Crippen LogP) is 4.95. The molecule has 0 aliphatic rings. The number of anilines is 1. The molecule has 5 heteroatoms. The van der Waals surface area contributed by atoms with Crippen LogP contribution < -0.4 is 5.32 Å². The van der Waals surface area contributed by atoms with Gasteiger partial charge in [0.25, 0.3) is 0 Å². The van der Waals surface area contributed by atoms with Gasteiger partial charge in [0.15, 0.2) is 0 Å². The highest BCUT2D eigenvalue weighted by atomic mass is 79.9. The van der Waals surface area contributed by atoms with E-state index in [1.807, 2.05) is 6.07 Å². The van der Waals surface area contributed by atoms with Crippen LogP contribution in [-0.2, 0) is 0 Å². The highest BCUT2D eigenvalue weighted by molar-refractivity contribution is 9.10. The van der Waals surface area contributed by atoms with Gasteiger partial charge in [0.1, 0.15) is 5.82 Å². The maximum absolute atomic E-state index is 6.09. The standard InChI is InChI=1S/C12H17BrCl2N2/c1-2-3-9(4-5-14)7-16-12-11(15)6-10(13)8-17-12/h6,8-9H,2-5,7H2,1H3,(H,16,17). The van der Waals surface area contributed by atoms with Crippen LogP contribution in [0.25, 0.3) is 0 Å². The van der Waals surface area contributed by atoms with Crippen LogP contribution in [0.3, 0.4) is 0 Å². The van der Waals surface area contributed by atoms with Crippen LogP contribution >= 0.6 is 39.1 Å². The zero-order chi connectivity index (χ0) is 12.7. The third kappa shape index (κ3) is 5.45. The molecule has 96 valence electrons. The van der Waals surface area contributed by atoms with Gasteiger partial charge in [-0.15, -0.1) is 11.6 Å². The number of halogens is 3. The number of pyridine rings is 1. The molecule has 0 aromatic carbocycles. The molecule has 0 fully saturated rings. The highest BCUT2D eigenvalue weighted by Gasteiger charge is 2.09. The van der Waals surface area contributed by atoms with Crippen molar-refractivity contribution in [3.8, 4) is 0 Å². The van der Waals surface area contributed by atoms with Crippen molar-refractivity contribution in [3.05, 3.63) is 21.8 Å². The second kappa shape index (κ2) is 8.17. The Morgan fingerprint density at radius 3 is 2.82 bits per heavy atom. The van der Waals surface area contributed by atoms with E-state index >= 15 is 0 Å². The van der Waals surface area contributed by atoms with Crippen molar-refractivity contribution in [2.75, 3.05) is 17.7 Å². The molecular weight excluding hydrogens is 323 g/mol. The molecule has 1 rings (SSSR count). The Hall–Kier alpha value is 0.01000. The largest absolute Gasteiger partial charge is 0.369 e. The fourth-order valence-electron chi connectivity index (χ4n) is 1.70. The quantitative estimate of drug-likeness (QED) is 0.710. The average Bonchev–Trinajstić information content (AvgIpc) is 2.28. The Balaban J connectivity index is 2.52. The SMILES string of the molecule is CCCC(CCCl)CNc1ncc(Br)cc1Cl. The number of rotatable bonds is 7. The first-order chi connectivity index (χ1) is 8.17. The average molecular weight is 340 g/mol. The molecule has 1 aromatic heterocycles. The van der Waals surface area contributed by atoms with Gasteiger partial charge in [0.05, 0.1) is 5.02 Å². The summed E-state index contributed by atoms with van der Waals surface area (Å²) in [5.41, 5.74) is 0. The van der Waals surface area contributed by atoms with E-state index in [4.69, 9.17) is 23.2 Å². The van der Waals surface area contributed by atoms with Crippen LogP contribution in [0, 0.1) is 5.92 Å². The molecule has 0 saturated heterocycles. The molecule has 1 aromatic rings. The molecule has 2 nitrogen and oxygen atoms in total. The van der Waals surface area contributed by atoms with Gasteiger partial charge in [0, 0.05) is 23.1 Å². The molecule has 17 heavy (non-hydrogen) atoms. The summed E-state index contributed by atoms with van der Waals surface area (Å²) in [6.45, 7) is 3.06. The third-order valence-electron chi connectivity index (χ3n) is 2.58. The predicted molar refractivity (Wildman–Crippen MR) is 79.2 cm³/mol. The molecule has 1 heterocycles. The first-order valence-corrected chi connectivity index (χ1v) is 7.48. The molecule has 0 aliphatic heterocycles. The Morgan fingerprint density at radius 2 is 2.24 bits per heavy atom. The summed E-state index contributed by atoms with van der Waals surface area (Å²) < 4.78 is 0.888. The van der Waals surface area contributed by atoms with Crippen molar-refractivity contribution in [3.63, 3.8) is 0 Å². The van der Waals surface area contributed by atoms with Crippen LogP contribution in [0.4, 0.5) is 5.82 Å².